The third-order valence-electron chi connectivity index (χ3n) is 5.21. The standard InChI is InChI=1S/C23H19BrClN3O3/c24-16-7-3-14(4-8-16)20-19(21(29)15-5-9-17(25)10-6-15)22(30)23(31)28(20)13-1-2-18-26-11-12-27-18/h3-12,20,29H,1-2,13H2,(H,26,27)/b21-19+. The van der Waals surface area contributed by atoms with E-state index in [2.05, 4.69) is 25.9 Å². The van der Waals surface area contributed by atoms with E-state index in [4.69, 9.17) is 11.6 Å². The first-order valence-corrected chi connectivity index (χ1v) is 10.9. The fourth-order valence-electron chi connectivity index (χ4n) is 3.72. The molecule has 0 aliphatic carbocycles. The molecule has 0 saturated carbocycles. The summed E-state index contributed by atoms with van der Waals surface area (Å²) in [6.07, 6.45) is 4.68. The predicted molar refractivity (Wildman–Crippen MR) is 122 cm³/mol. The van der Waals surface area contributed by atoms with Crippen molar-refractivity contribution in [2.75, 3.05) is 6.54 Å². The Morgan fingerprint density at radius 1 is 1.13 bits per heavy atom. The van der Waals surface area contributed by atoms with Crippen LogP contribution in [-0.2, 0) is 16.0 Å². The molecule has 0 bridgehead atoms. The number of rotatable bonds is 6. The van der Waals surface area contributed by atoms with Crippen LogP contribution >= 0.6 is 27.5 Å². The molecule has 1 amide bonds. The Hall–Kier alpha value is -2.90. The molecular formula is C23H19BrClN3O3. The molecule has 3 aromatic rings. The monoisotopic (exact) mass is 499 g/mol. The molecule has 1 aliphatic rings. The highest BCUT2D eigenvalue weighted by molar-refractivity contribution is 9.10. The molecule has 4 rings (SSSR count). The Morgan fingerprint density at radius 2 is 1.84 bits per heavy atom. The minimum Gasteiger partial charge on any atom is -0.507 e. The second-order valence-corrected chi connectivity index (χ2v) is 8.54. The summed E-state index contributed by atoms with van der Waals surface area (Å²) in [4.78, 5) is 34.7. The maximum Gasteiger partial charge on any atom is 0.295 e. The summed E-state index contributed by atoms with van der Waals surface area (Å²) in [6.45, 7) is 0.351. The van der Waals surface area contributed by atoms with Crippen molar-refractivity contribution in [3.8, 4) is 0 Å². The fraction of sp³-hybridized carbons (Fsp3) is 0.174. The van der Waals surface area contributed by atoms with Crippen LogP contribution < -0.4 is 0 Å². The van der Waals surface area contributed by atoms with Gasteiger partial charge in [-0.2, -0.15) is 0 Å². The lowest BCUT2D eigenvalue weighted by atomic mass is 9.95. The van der Waals surface area contributed by atoms with Crippen LogP contribution in [0.3, 0.4) is 0 Å². The molecule has 1 fully saturated rings. The fourth-order valence-corrected chi connectivity index (χ4v) is 4.11. The number of imidazole rings is 1. The summed E-state index contributed by atoms with van der Waals surface area (Å²) in [5.74, 6) is -0.712. The smallest absolute Gasteiger partial charge is 0.295 e. The molecule has 1 saturated heterocycles. The van der Waals surface area contributed by atoms with Gasteiger partial charge in [-0.3, -0.25) is 9.59 Å². The minimum absolute atomic E-state index is 0.0765. The number of benzene rings is 2. The van der Waals surface area contributed by atoms with E-state index in [9.17, 15) is 14.7 Å². The number of H-pyrrole nitrogens is 1. The summed E-state index contributed by atoms with van der Waals surface area (Å²) in [5.41, 5.74) is 1.25. The second kappa shape index (κ2) is 9.08. The third kappa shape index (κ3) is 4.43. The summed E-state index contributed by atoms with van der Waals surface area (Å²) >= 11 is 9.36. The Kier molecular flexibility index (Phi) is 6.25. The molecule has 2 heterocycles. The van der Waals surface area contributed by atoms with Gasteiger partial charge < -0.3 is 15.0 Å². The number of aromatic nitrogens is 2. The van der Waals surface area contributed by atoms with Gasteiger partial charge in [-0.15, -0.1) is 0 Å². The van der Waals surface area contributed by atoms with Gasteiger partial charge in [-0.05, 0) is 48.4 Å². The Labute approximate surface area is 192 Å². The Bertz CT molecular complexity index is 1130. The number of hydrogen-bond donors (Lipinski definition) is 2. The predicted octanol–water partition coefficient (Wildman–Crippen LogP) is 4.88. The van der Waals surface area contributed by atoms with Gasteiger partial charge in [0.2, 0.25) is 0 Å². The van der Waals surface area contributed by atoms with Crippen molar-refractivity contribution < 1.29 is 14.7 Å². The third-order valence-corrected chi connectivity index (χ3v) is 5.99. The van der Waals surface area contributed by atoms with E-state index in [1.807, 2.05) is 24.3 Å². The number of hydrogen-bond acceptors (Lipinski definition) is 4. The number of aliphatic hydroxyl groups is 1. The Morgan fingerprint density at radius 3 is 2.48 bits per heavy atom. The van der Waals surface area contributed by atoms with Gasteiger partial charge in [0.15, 0.2) is 0 Å². The van der Waals surface area contributed by atoms with E-state index in [1.165, 1.54) is 4.90 Å². The number of aliphatic hydroxyl groups excluding tert-OH is 1. The van der Waals surface area contributed by atoms with Gasteiger partial charge in [0.1, 0.15) is 11.6 Å². The lowest BCUT2D eigenvalue weighted by Crippen LogP contribution is -2.31. The van der Waals surface area contributed by atoms with Gasteiger partial charge in [-0.25, -0.2) is 4.98 Å². The largest absolute Gasteiger partial charge is 0.507 e. The number of amides is 1. The van der Waals surface area contributed by atoms with Crippen molar-refractivity contribution in [1.29, 1.82) is 0 Å². The molecule has 2 N–H and O–H groups in total. The number of aromatic amines is 1. The number of halogens is 2. The first-order chi connectivity index (χ1) is 15.0. The number of aryl methyl sites for hydroxylation is 1. The molecular weight excluding hydrogens is 482 g/mol. The van der Waals surface area contributed by atoms with Crippen LogP contribution in [-0.4, -0.2) is 38.2 Å². The zero-order chi connectivity index (χ0) is 22.0. The van der Waals surface area contributed by atoms with Crippen LogP contribution in [0.2, 0.25) is 5.02 Å². The maximum atomic E-state index is 13.0. The average molecular weight is 501 g/mol. The first-order valence-electron chi connectivity index (χ1n) is 9.74. The number of Topliss-reactive ketones (excluding diaryl/α,β-unsaturated/α-hetero) is 1. The summed E-state index contributed by atoms with van der Waals surface area (Å²) in [6, 6.07) is 13.2. The van der Waals surface area contributed by atoms with Crippen molar-refractivity contribution in [2.45, 2.75) is 18.9 Å². The lowest BCUT2D eigenvalue weighted by molar-refractivity contribution is -0.139. The highest BCUT2D eigenvalue weighted by Crippen LogP contribution is 2.39. The van der Waals surface area contributed by atoms with Crippen molar-refractivity contribution in [2.24, 2.45) is 0 Å². The van der Waals surface area contributed by atoms with E-state index in [-0.39, 0.29) is 11.3 Å². The van der Waals surface area contributed by atoms with Crippen LogP contribution in [0.15, 0.2) is 71.0 Å². The quantitative estimate of drug-likeness (QED) is 0.287. The van der Waals surface area contributed by atoms with Crippen LogP contribution in [0.25, 0.3) is 5.76 Å². The van der Waals surface area contributed by atoms with Gasteiger partial charge in [0, 0.05) is 40.4 Å². The molecule has 1 atom stereocenters. The van der Waals surface area contributed by atoms with Crippen LogP contribution in [0.5, 0.6) is 0 Å². The molecule has 8 heteroatoms. The summed E-state index contributed by atoms with van der Waals surface area (Å²) < 4.78 is 0.878. The van der Waals surface area contributed by atoms with Gasteiger partial charge in [-0.1, -0.05) is 39.7 Å². The van der Waals surface area contributed by atoms with Crippen molar-refractivity contribution in [1.82, 2.24) is 14.9 Å². The number of nitrogens with zero attached hydrogens (tertiary/aromatic N) is 2. The molecule has 1 aromatic heterocycles. The number of carbonyl (C=O) groups excluding carboxylic acids is 2. The summed E-state index contributed by atoms with van der Waals surface area (Å²) in [7, 11) is 0. The number of likely N-dealkylation sites (tertiary alicyclic amines) is 1. The molecule has 31 heavy (non-hydrogen) atoms. The number of carbonyl (C=O) groups is 2. The molecule has 158 valence electrons. The highest BCUT2D eigenvalue weighted by atomic mass is 79.9. The molecule has 6 nitrogen and oxygen atoms in total. The number of ketones is 1. The van der Waals surface area contributed by atoms with Gasteiger partial charge >= 0.3 is 0 Å². The molecule has 1 unspecified atom stereocenters. The molecule has 1 aliphatic heterocycles. The van der Waals surface area contributed by atoms with Crippen molar-refractivity contribution >= 4 is 45.0 Å². The van der Waals surface area contributed by atoms with E-state index < -0.39 is 17.7 Å². The lowest BCUT2D eigenvalue weighted by Gasteiger charge is -2.25. The Balaban J connectivity index is 1.72. The second-order valence-electron chi connectivity index (χ2n) is 7.19. The van der Waals surface area contributed by atoms with E-state index in [1.54, 1.807) is 36.7 Å². The van der Waals surface area contributed by atoms with Crippen LogP contribution in [0.4, 0.5) is 0 Å². The normalized spacial score (nSPS) is 18.0. The summed E-state index contributed by atoms with van der Waals surface area (Å²) in [5, 5.41) is 11.5. The maximum absolute atomic E-state index is 13.0. The van der Waals surface area contributed by atoms with E-state index >= 15 is 0 Å². The molecule has 0 radical (unpaired) electrons. The topological polar surface area (TPSA) is 86.3 Å². The minimum atomic E-state index is -0.696. The number of nitrogens with one attached hydrogen (secondary N) is 1. The van der Waals surface area contributed by atoms with E-state index in [0.717, 1.165) is 15.9 Å². The van der Waals surface area contributed by atoms with Gasteiger partial charge in [0.05, 0.1) is 11.6 Å². The first kappa shape index (κ1) is 21.3. The molecule has 2 aromatic carbocycles. The van der Waals surface area contributed by atoms with Crippen molar-refractivity contribution in [3.63, 3.8) is 0 Å². The van der Waals surface area contributed by atoms with Crippen LogP contribution in [0.1, 0.15) is 29.4 Å². The van der Waals surface area contributed by atoms with E-state index in [0.29, 0.717) is 30.0 Å². The SMILES string of the molecule is O=C1C(=O)N(CCCc2ncc[nH]2)C(c2ccc(Br)cc2)/C1=C(\O)c1ccc(Cl)cc1. The van der Waals surface area contributed by atoms with Crippen molar-refractivity contribution in [3.05, 3.63) is 92.9 Å². The average Bonchev–Trinajstić information content (AvgIpc) is 3.37. The van der Waals surface area contributed by atoms with Crippen LogP contribution in [0, 0.1) is 0 Å². The molecule has 0 spiro atoms. The highest BCUT2D eigenvalue weighted by Gasteiger charge is 2.45. The zero-order valence-electron chi connectivity index (χ0n) is 16.4. The zero-order valence-corrected chi connectivity index (χ0v) is 18.7. The van der Waals surface area contributed by atoms with Gasteiger partial charge in [0.25, 0.3) is 11.7 Å².